The lowest BCUT2D eigenvalue weighted by Gasteiger charge is -2.15. The van der Waals surface area contributed by atoms with Crippen LogP contribution in [0.1, 0.15) is 141 Å². The summed E-state index contributed by atoms with van der Waals surface area (Å²) in [5.41, 5.74) is 4.83. The fourth-order valence-corrected chi connectivity index (χ4v) is 4.21. The number of rotatable bonds is 17. The smallest absolute Gasteiger partial charge is 0.339 e. The van der Waals surface area contributed by atoms with Gasteiger partial charge in [0.15, 0.2) is 0 Å². The van der Waals surface area contributed by atoms with Gasteiger partial charge < -0.3 is 4.42 Å². The SMILES string of the molecule is CCCCC/C(C)=C(\CCCCC)c1cc(CCCCC)c(CCCCC)c(=O)o1. The minimum atomic E-state index is -0.0792. The number of allylic oxidation sites excluding steroid dienone is 2. The Balaban J connectivity index is 3.25. The third-order valence-corrected chi connectivity index (χ3v) is 6.22. The van der Waals surface area contributed by atoms with Crippen LogP contribution in [0.2, 0.25) is 0 Å². The van der Waals surface area contributed by atoms with E-state index in [-0.39, 0.29) is 5.63 Å². The molecule has 0 fully saturated rings. The first-order valence-electron chi connectivity index (χ1n) is 12.9. The van der Waals surface area contributed by atoms with Crippen molar-refractivity contribution >= 4 is 5.57 Å². The first kappa shape index (κ1) is 26.7. The van der Waals surface area contributed by atoms with Crippen molar-refractivity contribution in [3.05, 3.63) is 38.9 Å². The third kappa shape index (κ3) is 9.67. The Morgan fingerprint density at radius 3 is 1.87 bits per heavy atom. The van der Waals surface area contributed by atoms with Crippen LogP contribution in [-0.2, 0) is 12.8 Å². The molecule has 0 saturated heterocycles. The maximum Gasteiger partial charge on any atom is 0.339 e. The van der Waals surface area contributed by atoms with E-state index in [0.717, 1.165) is 49.8 Å². The second-order valence-electron chi connectivity index (χ2n) is 8.99. The van der Waals surface area contributed by atoms with Gasteiger partial charge >= 0.3 is 5.63 Å². The van der Waals surface area contributed by atoms with Crippen LogP contribution in [0.25, 0.3) is 5.57 Å². The van der Waals surface area contributed by atoms with E-state index in [1.54, 1.807) is 0 Å². The lowest BCUT2D eigenvalue weighted by atomic mass is 9.93. The van der Waals surface area contributed by atoms with Gasteiger partial charge in [-0.1, -0.05) is 84.6 Å². The molecule has 1 aromatic heterocycles. The van der Waals surface area contributed by atoms with Gasteiger partial charge in [0.1, 0.15) is 5.76 Å². The summed E-state index contributed by atoms with van der Waals surface area (Å²) in [5, 5.41) is 0. The molecule has 172 valence electrons. The van der Waals surface area contributed by atoms with Crippen LogP contribution in [0.5, 0.6) is 0 Å². The summed E-state index contributed by atoms with van der Waals surface area (Å²) in [5.74, 6) is 0.857. The average Bonchev–Trinajstić information content (AvgIpc) is 2.73. The molecule has 2 nitrogen and oxygen atoms in total. The number of hydrogen-bond acceptors (Lipinski definition) is 2. The molecule has 2 heteroatoms. The van der Waals surface area contributed by atoms with Gasteiger partial charge in [0, 0.05) is 5.56 Å². The highest BCUT2D eigenvalue weighted by atomic mass is 16.4. The molecule has 0 saturated carbocycles. The molecule has 30 heavy (non-hydrogen) atoms. The van der Waals surface area contributed by atoms with E-state index in [4.69, 9.17) is 4.42 Å². The molecule has 0 aromatic carbocycles. The highest BCUT2D eigenvalue weighted by molar-refractivity contribution is 5.65. The summed E-state index contributed by atoms with van der Waals surface area (Å²) in [7, 11) is 0. The zero-order valence-corrected chi connectivity index (χ0v) is 20.7. The molecule has 0 amide bonds. The van der Waals surface area contributed by atoms with Crippen molar-refractivity contribution < 1.29 is 4.42 Å². The Hall–Kier alpha value is -1.31. The molecule has 0 atom stereocenters. The van der Waals surface area contributed by atoms with Crippen LogP contribution in [0, 0.1) is 0 Å². The highest BCUT2D eigenvalue weighted by Crippen LogP contribution is 2.29. The van der Waals surface area contributed by atoms with Crippen molar-refractivity contribution in [1.29, 1.82) is 0 Å². The molecule has 0 aliphatic heterocycles. The van der Waals surface area contributed by atoms with Crippen molar-refractivity contribution in [1.82, 2.24) is 0 Å². The van der Waals surface area contributed by atoms with Gasteiger partial charge in [-0.3, -0.25) is 0 Å². The Bertz CT molecular complexity index is 666. The van der Waals surface area contributed by atoms with E-state index in [1.165, 1.54) is 80.9 Å². The van der Waals surface area contributed by atoms with Crippen molar-refractivity contribution in [2.24, 2.45) is 0 Å². The van der Waals surface area contributed by atoms with Gasteiger partial charge in [0.05, 0.1) is 0 Å². The van der Waals surface area contributed by atoms with E-state index >= 15 is 0 Å². The lowest BCUT2D eigenvalue weighted by molar-refractivity contribution is 0.478. The van der Waals surface area contributed by atoms with Crippen molar-refractivity contribution in [3.63, 3.8) is 0 Å². The normalized spacial score (nSPS) is 12.3. The molecule has 1 heterocycles. The molecule has 0 spiro atoms. The molecule has 0 unspecified atom stereocenters. The van der Waals surface area contributed by atoms with E-state index in [2.05, 4.69) is 40.7 Å². The summed E-state index contributed by atoms with van der Waals surface area (Å²) in [6.45, 7) is 11.2. The Kier molecular flexibility index (Phi) is 14.6. The van der Waals surface area contributed by atoms with E-state index < -0.39 is 0 Å². The van der Waals surface area contributed by atoms with E-state index in [0.29, 0.717) is 0 Å². The van der Waals surface area contributed by atoms with Crippen molar-refractivity contribution in [2.75, 3.05) is 0 Å². The summed E-state index contributed by atoms with van der Waals surface area (Å²) in [4.78, 5) is 13.0. The van der Waals surface area contributed by atoms with E-state index in [1.807, 2.05) is 0 Å². The maximum atomic E-state index is 13.0. The average molecular weight is 417 g/mol. The molecule has 0 aliphatic carbocycles. The predicted molar refractivity (Wildman–Crippen MR) is 132 cm³/mol. The Morgan fingerprint density at radius 2 is 1.27 bits per heavy atom. The van der Waals surface area contributed by atoms with Gasteiger partial charge in [-0.05, 0) is 75.5 Å². The van der Waals surface area contributed by atoms with Gasteiger partial charge in [-0.15, -0.1) is 0 Å². The molecule has 0 radical (unpaired) electrons. The van der Waals surface area contributed by atoms with Crippen LogP contribution in [-0.4, -0.2) is 0 Å². The predicted octanol–water partition coefficient (Wildman–Crippen LogP) is 9.04. The first-order valence-corrected chi connectivity index (χ1v) is 12.9. The summed E-state index contributed by atoms with van der Waals surface area (Å²) in [6.07, 6.45) is 18.4. The highest BCUT2D eigenvalue weighted by Gasteiger charge is 2.16. The van der Waals surface area contributed by atoms with Crippen molar-refractivity contribution in [2.45, 2.75) is 137 Å². The number of hydrogen-bond donors (Lipinski definition) is 0. The van der Waals surface area contributed by atoms with Gasteiger partial charge in [0.2, 0.25) is 0 Å². The molecule has 1 rings (SSSR count). The fraction of sp³-hybridized carbons (Fsp3) is 0.750. The molecular weight excluding hydrogens is 368 g/mol. The number of aryl methyl sites for hydroxylation is 1. The minimum absolute atomic E-state index is 0.0792. The van der Waals surface area contributed by atoms with Crippen LogP contribution in [0.4, 0.5) is 0 Å². The minimum Gasteiger partial charge on any atom is -0.423 e. The standard InChI is InChI=1S/C28H48O2/c1-6-10-14-18-23(5)25(20-16-12-8-3)27-22-24(19-15-11-7-2)26(28(29)30-27)21-17-13-9-4/h22H,6-21H2,1-5H3/b25-23+. The van der Waals surface area contributed by atoms with Gasteiger partial charge in [-0.2, -0.15) is 0 Å². The largest absolute Gasteiger partial charge is 0.423 e. The summed E-state index contributed by atoms with van der Waals surface area (Å²) >= 11 is 0. The lowest BCUT2D eigenvalue weighted by Crippen LogP contribution is -2.13. The summed E-state index contributed by atoms with van der Waals surface area (Å²) < 4.78 is 5.99. The second kappa shape index (κ2) is 16.4. The second-order valence-corrected chi connectivity index (χ2v) is 8.99. The van der Waals surface area contributed by atoms with E-state index in [9.17, 15) is 4.79 Å². The Labute approximate surface area is 186 Å². The third-order valence-electron chi connectivity index (χ3n) is 6.22. The topological polar surface area (TPSA) is 30.2 Å². The summed E-state index contributed by atoms with van der Waals surface area (Å²) in [6, 6.07) is 2.24. The molecule has 0 N–H and O–H groups in total. The van der Waals surface area contributed by atoms with Crippen LogP contribution >= 0.6 is 0 Å². The number of unbranched alkanes of at least 4 members (excludes halogenated alkanes) is 8. The Morgan fingerprint density at radius 1 is 0.733 bits per heavy atom. The maximum absolute atomic E-state index is 13.0. The van der Waals surface area contributed by atoms with Crippen LogP contribution < -0.4 is 5.63 Å². The zero-order valence-electron chi connectivity index (χ0n) is 20.7. The quantitative estimate of drug-likeness (QED) is 0.237. The van der Waals surface area contributed by atoms with Crippen LogP contribution in [0.3, 0.4) is 0 Å². The van der Waals surface area contributed by atoms with Crippen LogP contribution in [0.15, 0.2) is 20.9 Å². The first-order chi connectivity index (χ1) is 14.6. The van der Waals surface area contributed by atoms with Gasteiger partial charge in [0.25, 0.3) is 0 Å². The van der Waals surface area contributed by atoms with Gasteiger partial charge in [-0.25, -0.2) is 4.79 Å². The zero-order chi connectivity index (χ0) is 22.2. The molecule has 0 aliphatic rings. The molecule has 0 bridgehead atoms. The monoisotopic (exact) mass is 416 g/mol. The molecular formula is C28H48O2. The molecule has 1 aromatic rings. The fourth-order valence-electron chi connectivity index (χ4n) is 4.21. The van der Waals surface area contributed by atoms with Crippen molar-refractivity contribution in [3.8, 4) is 0 Å².